The van der Waals surface area contributed by atoms with E-state index in [0.717, 1.165) is 22.2 Å². The van der Waals surface area contributed by atoms with Crippen molar-refractivity contribution in [3.63, 3.8) is 0 Å². The van der Waals surface area contributed by atoms with Crippen molar-refractivity contribution in [3.8, 4) is 40.1 Å². The van der Waals surface area contributed by atoms with Crippen molar-refractivity contribution < 1.29 is 23.4 Å². The maximum atomic E-state index is 14.3. The summed E-state index contributed by atoms with van der Waals surface area (Å²) in [5, 5.41) is 8.98. The lowest BCUT2D eigenvalue weighted by molar-refractivity contribution is 0.0735. The van der Waals surface area contributed by atoms with E-state index in [1.807, 2.05) is 59.2 Å². The zero-order valence-electron chi connectivity index (χ0n) is 24.3. The molecule has 0 N–H and O–H groups in total. The van der Waals surface area contributed by atoms with Gasteiger partial charge in [-0.1, -0.05) is 42.5 Å². The summed E-state index contributed by atoms with van der Waals surface area (Å²) in [5.74, 6) is -0.302. The average molecular weight is 599 g/mol. The van der Waals surface area contributed by atoms with Crippen LogP contribution in [-0.4, -0.2) is 34.2 Å². The maximum absolute atomic E-state index is 14.3. The summed E-state index contributed by atoms with van der Waals surface area (Å²) in [6.45, 7) is 1.08. The van der Waals surface area contributed by atoms with Gasteiger partial charge in [-0.25, -0.2) is 19.2 Å². The van der Waals surface area contributed by atoms with Crippen LogP contribution in [0.25, 0.3) is 33.4 Å². The largest absolute Gasteiger partial charge is 0.473 e. The van der Waals surface area contributed by atoms with E-state index >= 15 is 0 Å². The average Bonchev–Trinajstić information content (AvgIpc) is 3.49. The molecule has 9 heteroatoms. The Morgan fingerprint density at radius 2 is 1.80 bits per heavy atom. The molecule has 0 unspecified atom stereocenters. The summed E-state index contributed by atoms with van der Waals surface area (Å²) in [6.07, 6.45) is 1.73. The molecule has 8 nitrogen and oxygen atoms in total. The molecule has 45 heavy (non-hydrogen) atoms. The van der Waals surface area contributed by atoms with Gasteiger partial charge in [0.15, 0.2) is 0 Å². The Morgan fingerprint density at radius 3 is 2.60 bits per heavy atom. The molecular formula is C36H27FN4O4. The molecule has 0 amide bonds. The Bertz CT molecular complexity index is 2040. The Kier molecular flexibility index (Phi) is 8.58. The molecule has 2 heterocycles. The molecule has 0 aliphatic heterocycles. The highest BCUT2D eigenvalue weighted by Gasteiger charge is 2.17. The van der Waals surface area contributed by atoms with Gasteiger partial charge in [0.1, 0.15) is 18.2 Å². The van der Waals surface area contributed by atoms with Gasteiger partial charge in [0, 0.05) is 36.4 Å². The van der Waals surface area contributed by atoms with Crippen LogP contribution in [0.1, 0.15) is 21.5 Å². The molecule has 6 rings (SSSR count). The number of hydrogen-bond acceptors (Lipinski definition) is 7. The molecule has 0 radical (unpaired) electrons. The first kappa shape index (κ1) is 29.2. The van der Waals surface area contributed by atoms with Crippen molar-refractivity contribution in [3.05, 3.63) is 132 Å². The van der Waals surface area contributed by atoms with Crippen molar-refractivity contribution in [1.29, 1.82) is 5.26 Å². The minimum Gasteiger partial charge on any atom is -0.473 e. The van der Waals surface area contributed by atoms with Gasteiger partial charge >= 0.3 is 5.97 Å². The third-order valence-corrected chi connectivity index (χ3v) is 7.24. The number of esters is 1. The first-order valence-corrected chi connectivity index (χ1v) is 14.2. The SMILES string of the molecule is COCCn1cnc2ccc(C(=O)Oc3ccc(-c4cccc(OCc5ccc(C#N)cc5F)n4)cc3-c3ccccc3)cc21. The highest BCUT2D eigenvalue weighted by molar-refractivity contribution is 5.96. The molecule has 0 saturated heterocycles. The molecule has 0 aliphatic rings. The number of fused-ring (bicyclic) bond motifs is 1. The summed E-state index contributed by atoms with van der Waals surface area (Å²) in [5.41, 5.74) is 5.51. The van der Waals surface area contributed by atoms with Crippen LogP contribution in [0.15, 0.2) is 109 Å². The molecule has 222 valence electrons. The van der Waals surface area contributed by atoms with E-state index < -0.39 is 11.8 Å². The summed E-state index contributed by atoms with van der Waals surface area (Å²) in [4.78, 5) is 22.4. The second-order valence-electron chi connectivity index (χ2n) is 10.2. The van der Waals surface area contributed by atoms with Gasteiger partial charge in [-0.2, -0.15) is 5.26 Å². The van der Waals surface area contributed by atoms with Crippen molar-refractivity contribution in [2.24, 2.45) is 0 Å². The number of methoxy groups -OCH3 is 1. The van der Waals surface area contributed by atoms with Crippen LogP contribution in [0.5, 0.6) is 11.6 Å². The number of halogens is 1. The molecule has 6 aromatic rings. The van der Waals surface area contributed by atoms with Gasteiger partial charge in [-0.05, 0) is 60.2 Å². The monoisotopic (exact) mass is 598 g/mol. The van der Waals surface area contributed by atoms with Crippen molar-refractivity contribution in [2.45, 2.75) is 13.2 Å². The van der Waals surface area contributed by atoms with Gasteiger partial charge < -0.3 is 18.8 Å². The van der Waals surface area contributed by atoms with E-state index in [9.17, 15) is 9.18 Å². The van der Waals surface area contributed by atoms with E-state index in [-0.39, 0.29) is 12.2 Å². The van der Waals surface area contributed by atoms with Crippen LogP contribution >= 0.6 is 0 Å². The minimum absolute atomic E-state index is 0.0445. The second-order valence-corrected chi connectivity index (χ2v) is 10.2. The lowest BCUT2D eigenvalue weighted by Crippen LogP contribution is -2.10. The number of pyridine rings is 1. The molecule has 0 bridgehead atoms. The summed E-state index contributed by atoms with van der Waals surface area (Å²) < 4.78 is 33.2. The Balaban J connectivity index is 1.27. The molecule has 0 atom stereocenters. The van der Waals surface area contributed by atoms with Crippen LogP contribution in [0.3, 0.4) is 0 Å². The second kappa shape index (κ2) is 13.2. The predicted molar refractivity (Wildman–Crippen MR) is 167 cm³/mol. The molecule has 0 aliphatic carbocycles. The lowest BCUT2D eigenvalue weighted by Gasteiger charge is -2.13. The fraction of sp³-hybridized carbons (Fsp3) is 0.111. The van der Waals surface area contributed by atoms with E-state index in [0.29, 0.717) is 47.2 Å². The highest BCUT2D eigenvalue weighted by Crippen LogP contribution is 2.35. The third kappa shape index (κ3) is 6.56. The predicted octanol–water partition coefficient (Wildman–Crippen LogP) is 7.22. The van der Waals surface area contributed by atoms with E-state index in [2.05, 4.69) is 9.97 Å². The Morgan fingerprint density at radius 1 is 0.933 bits per heavy atom. The zero-order valence-corrected chi connectivity index (χ0v) is 24.3. The quantitative estimate of drug-likeness (QED) is 0.121. The number of nitriles is 1. The van der Waals surface area contributed by atoms with Gasteiger partial charge in [-0.3, -0.25) is 0 Å². The van der Waals surface area contributed by atoms with Crippen LogP contribution in [0, 0.1) is 17.1 Å². The summed E-state index contributed by atoms with van der Waals surface area (Å²) in [6, 6.07) is 31.9. The fourth-order valence-electron chi connectivity index (χ4n) is 4.87. The third-order valence-electron chi connectivity index (χ3n) is 7.24. The molecule has 4 aromatic carbocycles. The Hall–Kier alpha value is -5.85. The van der Waals surface area contributed by atoms with Gasteiger partial charge in [0.2, 0.25) is 5.88 Å². The van der Waals surface area contributed by atoms with Crippen LogP contribution in [-0.2, 0) is 17.9 Å². The van der Waals surface area contributed by atoms with Crippen LogP contribution in [0.2, 0.25) is 0 Å². The number of aromatic nitrogens is 3. The van der Waals surface area contributed by atoms with Crippen molar-refractivity contribution in [2.75, 3.05) is 13.7 Å². The number of carbonyl (C=O) groups is 1. The Labute approximate surface area is 258 Å². The number of hydrogen-bond donors (Lipinski definition) is 0. The first-order valence-electron chi connectivity index (χ1n) is 14.2. The van der Waals surface area contributed by atoms with Crippen LogP contribution < -0.4 is 9.47 Å². The molecule has 0 fully saturated rings. The highest BCUT2D eigenvalue weighted by atomic mass is 19.1. The van der Waals surface area contributed by atoms with Gasteiger partial charge in [0.25, 0.3) is 0 Å². The molecular weight excluding hydrogens is 571 g/mol. The summed E-state index contributed by atoms with van der Waals surface area (Å²) >= 11 is 0. The zero-order chi connectivity index (χ0) is 31.2. The van der Waals surface area contributed by atoms with Crippen molar-refractivity contribution >= 4 is 17.0 Å². The topological polar surface area (TPSA) is 99.3 Å². The summed E-state index contributed by atoms with van der Waals surface area (Å²) in [7, 11) is 1.64. The van der Waals surface area contributed by atoms with Crippen molar-refractivity contribution in [1.82, 2.24) is 14.5 Å². The van der Waals surface area contributed by atoms with E-state index in [4.69, 9.17) is 19.5 Å². The number of carbonyl (C=O) groups excluding carboxylic acids is 1. The normalized spacial score (nSPS) is 10.9. The standard InChI is InChI=1S/C36H27FN4O4/c1-43-17-16-41-23-39-32-14-12-27(20-33(32)41)36(42)45-34-15-13-26(19-29(34)25-6-3-2-4-7-25)31-8-5-9-35(40-31)44-22-28-11-10-24(21-38)18-30(28)37/h2-15,18-20,23H,16-17,22H2,1H3. The maximum Gasteiger partial charge on any atom is 0.343 e. The number of ether oxygens (including phenoxy) is 3. The minimum atomic E-state index is -0.514. The lowest BCUT2D eigenvalue weighted by atomic mass is 10.00. The molecule has 2 aromatic heterocycles. The van der Waals surface area contributed by atoms with Gasteiger partial charge in [-0.15, -0.1) is 0 Å². The van der Waals surface area contributed by atoms with E-state index in [1.54, 1.807) is 55.9 Å². The first-order chi connectivity index (χ1) is 22.0. The number of rotatable bonds is 10. The number of nitrogens with zero attached hydrogens (tertiary/aromatic N) is 4. The number of imidazole rings is 1. The molecule has 0 spiro atoms. The number of benzene rings is 4. The smallest absolute Gasteiger partial charge is 0.343 e. The molecule has 0 saturated carbocycles. The fourth-order valence-corrected chi connectivity index (χ4v) is 4.87. The van der Waals surface area contributed by atoms with Gasteiger partial charge in [0.05, 0.1) is 46.9 Å². The van der Waals surface area contributed by atoms with E-state index in [1.165, 1.54) is 12.1 Å². The van der Waals surface area contributed by atoms with Crippen LogP contribution in [0.4, 0.5) is 4.39 Å².